The molecular weight excluding hydrogens is 152 g/mol. The molecule has 1 saturated heterocycles. The van der Waals surface area contributed by atoms with Gasteiger partial charge >= 0.3 is 0 Å². The van der Waals surface area contributed by atoms with Gasteiger partial charge in [0, 0.05) is 12.6 Å². The third-order valence-electron chi connectivity index (χ3n) is 3.08. The third kappa shape index (κ3) is 1.12. The van der Waals surface area contributed by atoms with E-state index in [4.69, 9.17) is 5.73 Å². The predicted octanol–water partition coefficient (Wildman–Crippen LogP) is 0.345. The maximum absolute atomic E-state index is 11.5. The molecule has 2 fully saturated rings. The summed E-state index contributed by atoms with van der Waals surface area (Å²) in [6.07, 6.45) is 3.73. The van der Waals surface area contributed by atoms with Gasteiger partial charge in [-0.3, -0.25) is 4.79 Å². The van der Waals surface area contributed by atoms with Crippen LogP contribution in [-0.2, 0) is 4.79 Å². The number of likely N-dealkylation sites (tertiary alicyclic amines) is 1. The first kappa shape index (κ1) is 8.05. The van der Waals surface area contributed by atoms with Crippen molar-refractivity contribution in [2.75, 3.05) is 6.54 Å². The van der Waals surface area contributed by atoms with Crippen LogP contribution in [0.25, 0.3) is 0 Å². The topological polar surface area (TPSA) is 46.3 Å². The number of carbonyl (C=O) groups is 1. The highest BCUT2D eigenvalue weighted by molar-refractivity contribution is 5.81. The fraction of sp³-hybridized carbons (Fsp3) is 0.889. The molecule has 3 nitrogen and oxygen atoms in total. The van der Waals surface area contributed by atoms with Gasteiger partial charge in [0.25, 0.3) is 0 Å². The van der Waals surface area contributed by atoms with Crippen LogP contribution in [0.3, 0.4) is 0 Å². The fourth-order valence-corrected chi connectivity index (χ4v) is 2.46. The van der Waals surface area contributed by atoms with Crippen molar-refractivity contribution in [1.29, 1.82) is 0 Å². The lowest BCUT2D eigenvalue weighted by atomic mass is 10.1. The number of piperidine rings is 1. The maximum Gasteiger partial charge on any atom is 0.239 e. The van der Waals surface area contributed by atoms with Gasteiger partial charge in [-0.1, -0.05) is 0 Å². The molecular formula is C9H16N2O. The van der Waals surface area contributed by atoms with Crippen molar-refractivity contribution in [2.45, 2.75) is 38.3 Å². The smallest absolute Gasteiger partial charge is 0.239 e. The Morgan fingerprint density at radius 2 is 2.33 bits per heavy atom. The van der Waals surface area contributed by atoms with Gasteiger partial charge in [-0.05, 0) is 32.1 Å². The van der Waals surface area contributed by atoms with Crippen LogP contribution in [0.5, 0.6) is 0 Å². The summed E-state index contributed by atoms with van der Waals surface area (Å²) in [6, 6.07) is 0.206. The predicted molar refractivity (Wildman–Crippen MR) is 46.5 cm³/mol. The van der Waals surface area contributed by atoms with Crippen molar-refractivity contribution in [1.82, 2.24) is 4.90 Å². The molecule has 1 aliphatic heterocycles. The number of rotatable bonds is 1. The lowest BCUT2D eigenvalue weighted by molar-refractivity contribution is -0.133. The SMILES string of the molecule is CC(N)C(=O)N1CC2CCC1C2. The van der Waals surface area contributed by atoms with E-state index < -0.39 is 0 Å². The van der Waals surface area contributed by atoms with E-state index in [1.54, 1.807) is 6.92 Å². The van der Waals surface area contributed by atoms with E-state index in [2.05, 4.69) is 0 Å². The highest BCUT2D eigenvalue weighted by Crippen LogP contribution is 2.37. The lowest BCUT2D eigenvalue weighted by Crippen LogP contribution is -2.45. The summed E-state index contributed by atoms with van der Waals surface area (Å²) in [7, 11) is 0. The quantitative estimate of drug-likeness (QED) is 0.614. The molecule has 12 heavy (non-hydrogen) atoms. The van der Waals surface area contributed by atoms with E-state index in [0.29, 0.717) is 6.04 Å². The van der Waals surface area contributed by atoms with Crippen LogP contribution in [0.4, 0.5) is 0 Å². The van der Waals surface area contributed by atoms with Gasteiger partial charge in [0.2, 0.25) is 5.91 Å². The van der Waals surface area contributed by atoms with Gasteiger partial charge in [-0.2, -0.15) is 0 Å². The first-order valence-electron chi connectivity index (χ1n) is 4.74. The summed E-state index contributed by atoms with van der Waals surface area (Å²) in [5, 5.41) is 0. The molecule has 0 spiro atoms. The van der Waals surface area contributed by atoms with E-state index in [0.717, 1.165) is 12.5 Å². The fourth-order valence-electron chi connectivity index (χ4n) is 2.46. The Morgan fingerprint density at radius 3 is 2.75 bits per heavy atom. The molecule has 1 saturated carbocycles. The van der Waals surface area contributed by atoms with E-state index in [9.17, 15) is 4.79 Å². The zero-order chi connectivity index (χ0) is 8.72. The Morgan fingerprint density at radius 1 is 1.58 bits per heavy atom. The average molecular weight is 168 g/mol. The second-order valence-corrected chi connectivity index (χ2v) is 4.11. The van der Waals surface area contributed by atoms with Crippen molar-refractivity contribution in [3.8, 4) is 0 Å². The summed E-state index contributed by atoms with van der Waals surface area (Å²) in [4.78, 5) is 13.5. The molecule has 3 atom stereocenters. The standard InChI is InChI=1S/C9H16N2O/c1-6(10)9(12)11-5-7-2-3-8(11)4-7/h6-8H,2-5,10H2,1H3. The van der Waals surface area contributed by atoms with E-state index in [-0.39, 0.29) is 11.9 Å². The minimum absolute atomic E-state index is 0.141. The lowest BCUT2D eigenvalue weighted by Gasteiger charge is -2.28. The zero-order valence-electron chi connectivity index (χ0n) is 7.49. The van der Waals surface area contributed by atoms with Crippen LogP contribution in [-0.4, -0.2) is 29.4 Å². The average Bonchev–Trinajstić information content (AvgIpc) is 2.62. The van der Waals surface area contributed by atoms with Crippen molar-refractivity contribution < 1.29 is 4.79 Å². The monoisotopic (exact) mass is 168 g/mol. The Labute approximate surface area is 72.9 Å². The van der Waals surface area contributed by atoms with E-state index in [1.807, 2.05) is 4.90 Å². The molecule has 0 aromatic carbocycles. The Balaban J connectivity index is 2.02. The first-order chi connectivity index (χ1) is 5.68. The van der Waals surface area contributed by atoms with Crippen molar-refractivity contribution in [3.63, 3.8) is 0 Å². The van der Waals surface area contributed by atoms with Gasteiger partial charge in [0.05, 0.1) is 6.04 Å². The summed E-state index contributed by atoms with van der Waals surface area (Å²) in [5.41, 5.74) is 5.56. The van der Waals surface area contributed by atoms with Crippen molar-refractivity contribution in [3.05, 3.63) is 0 Å². The number of carbonyl (C=O) groups excluding carboxylic acids is 1. The van der Waals surface area contributed by atoms with Crippen LogP contribution in [0, 0.1) is 5.92 Å². The van der Waals surface area contributed by atoms with Crippen molar-refractivity contribution >= 4 is 5.91 Å². The number of fused-ring (bicyclic) bond motifs is 2. The Kier molecular flexibility index (Phi) is 1.83. The summed E-state index contributed by atoms with van der Waals surface area (Å²) in [5.74, 6) is 0.917. The minimum atomic E-state index is -0.315. The Bertz CT molecular complexity index is 203. The van der Waals surface area contributed by atoms with Crippen LogP contribution < -0.4 is 5.73 Å². The molecule has 3 heteroatoms. The second-order valence-electron chi connectivity index (χ2n) is 4.11. The normalized spacial score (nSPS) is 35.7. The molecule has 0 aromatic heterocycles. The number of hydrogen-bond donors (Lipinski definition) is 1. The van der Waals surface area contributed by atoms with Gasteiger partial charge in [-0.15, -0.1) is 0 Å². The van der Waals surface area contributed by atoms with Crippen LogP contribution >= 0.6 is 0 Å². The van der Waals surface area contributed by atoms with E-state index in [1.165, 1.54) is 19.3 Å². The maximum atomic E-state index is 11.5. The first-order valence-corrected chi connectivity index (χ1v) is 4.74. The molecule has 3 unspecified atom stereocenters. The molecule has 68 valence electrons. The molecule has 2 rings (SSSR count). The summed E-state index contributed by atoms with van der Waals surface area (Å²) in [6.45, 7) is 2.74. The zero-order valence-corrected chi connectivity index (χ0v) is 7.49. The molecule has 1 amide bonds. The molecule has 1 heterocycles. The number of nitrogens with two attached hydrogens (primary N) is 1. The molecule has 0 radical (unpaired) electrons. The molecule has 2 bridgehead atoms. The molecule has 2 aliphatic rings. The third-order valence-corrected chi connectivity index (χ3v) is 3.08. The number of amides is 1. The summed E-state index contributed by atoms with van der Waals surface area (Å²) >= 11 is 0. The highest BCUT2D eigenvalue weighted by atomic mass is 16.2. The molecule has 2 N–H and O–H groups in total. The molecule has 0 aromatic rings. The van der Waals surface area contributed by atoms with Crippen molar-refractivity contribution in [2.24, 2.45) is 11.7 Å². The highest BCUT2D eigenvalue weighted by Gasteiger charge is 2.40. The van der Waals surface area contributed by atoms with Gasteiger partial charge < -0.3 is 10.6 Å². The largest absolute Gasteiger partial charge is 0.338 e. The van der Waals surface area contributed by atoms with Crippen LogP contribution in [0.15, 0.2) is 0 Å². The number of nitrogens with zero attached hydrogens (tertiary/aromatic N) is 1. The van der Waals surface area contributed by atoms with Gasteiger partial charge in [-0.25, -0.2) is 0 Å². The van der Waals surface area contributed by atoms with Crippen LogP contribution in [0.1, 0.15) is 26.2 Å². The van der Waals surface area contributed by atoms with Gasteiger partial charge in [0.1, 0.15) is 0 Å². The summed E-state index contributed by atoms with van der Waals surface area (Å²) < 4.78 is 0. The Hall–Kier alpha value is -0.570. The second kappa shape index (κ2) is 2.73. The van der Waals surface area contributed by atoms with Crippen LogP contribution in [0.2, 0.25) is 0 Å². The molecule has 1 aliphatic carbocycles. The number of hydrogen-bond acceptors (Lipinski definition) is 2. The van der Waals surface area contributed by atoms with Gasteiger partial charge in [0.15, 0.2) is 0 Å². The minimum Gasteiger partial charge on any atom is -0.338 e. The van der Waals surface area contributed by atoms with E-state index >= 15 is 0 Å².